The van der Waals surface area contributed by atoms with Crippen molar-refractivity contribution in [1.29, 1.82) is 0 Å². The molecule has 4 aromatic carbocycles. The molecule has 7 nitrogen and oxygen atoms in total. The molecule has 4 aromatic rings. The summed E-state index contributed by atoms with van der Waals surface area (Å²) in [6.45, 7) is 0. The van der Waals surface area contributed by atoms with E-state index in [1.807, 2.05) is 0 Å². The summed E-state index contributed by atoms with van der Waals surface area (Å²) in [5.41, 5.74) is 2.35. The lowest BCUT2D eigenvalue weighted by Gasteiger charge is -2.26. The van der Waals surface area contributed by atoms with Crippen LogP contribution >= 0.6 is 23.2 Å². The summed E-state index contributed by atoms with van der Waals surface area (Å²) in [7, 11) is 0. The number of nitro benzene ring substituents is 2. The minimum absolute atomic E-state index is 0.0801. The average Bonchev–Trinajstić information content (AvgIpc) is 2.86. The number of hydrogen-bond donors (Lipinski definition) is 0. The van der Waals surface area contributed by atoms with Gasteiger partial charge in [-0.2, -0.15) is 0 Å². The van der Waals surface area contributed by atoms with E-state index in [1.165, 1.54) is 24.3 Å². The average molecular weight is 509 g/mol. The molecule has 0 saturated carbocycles. The Morgan fingerprint density at radius 1 is 0.571 bits per heavy atom. The lowest BCUT2D eigenvalue weighted by Crippen LogP contribution is -2.14. The Morgan fingerprint density at radius 2 is 0.943 bits per heavy atom. The fourth-order valence-electron chi connectivity index (χ4n) is 3.71. The molecule has 176 valence electrons. The van der Waals surface area contributed by atoms with Gasteiger partial charge in [-0.1, -0.05) is 71.7 Å². The van der Waals surface area contributed by atoms with Crippen molar-refractivity contribution in [2.24, 2.45) is 0 Å². The van der Waals surface area contributed by atoms with Crippen molar-refractivity contribution in [3.8, 4) is 0 Å². The van der Waals surface area contributed by atoms with E-state index in [0.717, 1.165) is 0 Å². The first-order valence-corrected chi connectivity index (χ1v) is 11.2. The Kier molecular flexibility index (Phi) is 7.41. The lowest BCUT2D eigenvalue weighted by molar-refractivity contribution is -0.385. The maximum atomic E-state index is 11.4. The SMILES string of the molecule is O=[N+]([O-])c1cccc(C(OC(c2ccc(Cl)cc2)c2cccc([N+](=O)[O-])c2)c2ccc(Cl)cc2)c1. The predicted octanol–water partition coefficient (Wildman–Crippen LogP) is 7.71. The Balaban J connectivity index is 1.85. The van der Waals surface area contributed by atoms with E-state index in [2.05, 4.69) is 0 Å². The van der Waals surface area contributed by atoms with Crippen LogP contribution in [0.5, 0.6) is 0 Å². The minimum Gasteiger partial charge on any atom is -0.356 e. The topological polar surface area (TPSA) is 95.5 Å². The van der Waals surface area contributed by atoms with Gasteiger partial charge in [-0.25, -0.2) is 0 Å². The van der Waals surface area contributed by atoms with Crippen LogP contribution in [0, 0.1) is 20.2 Å². The smallest absolute Gasteiger partial charge is 0.269 e. The molecule has 0 heterocycles. The summed E-state index contributed by atoms with van der Waals surface area (Å²) in [5.74, 6) is 0. The van der Waals surface area contributed by atoms with E-state index in [-0.39, 0.29) is 11.4 Å². The van der Waals surface area contributed by atoms with Crippen molar-refractivity contribution in [2.75, 3.05) is 0 Å². The first kappa shape index (κ1) is 24.3. The number of hydrogen-bond acceptors (Lipinski definition) is 5. The number of non-ortho nitro benzene ring substituents is 2. The zero-order valence-corrected chi connectivity index (χ0v) is 19.6. The second-order valence-electron chi connectivity index (χ2n) is 7.70. The fourth-order valence-corrected chi connectivity index (χ4v) is 3.97. The molecule has 35 heavy (non-hydrogen) atoms. The van der Waals surface area contributed by atoms with Crippen LogP contribution in [0.15, 0.2) is 97.1 Å². The molecule has 2 atom stereocenters. The van der Waals surface area contributed by atoms with E-state index in [9.17, 15) is 20.2 Å². The van der Waals surface area contributed by atoms with Gasteiger partial charge in [0.2, 0.25) is 0 Å². The Hall–Kier alpha value is -3.78. The van der Waals surface area contributed by atoms with Gasteiger partial charge in [-0.15, -0.1) is 0 Å². The Morgan fingerprint density at radius 3 is 1.29 bits per heavy atom. The summed E-state index contributed by atoms with van der Waals surface area (Å²) in [6.07, 6.45) is -1.49. The van der Waals surface area contributed by atoms with Gasteiger partial charge >= 0.3 is 0 Å². The summed E-state index contributed by atoms with van der Waals surface area (Å²) >= 11 is 12.2. The predicted molar refractivity (Wildman–Crippen MR) is 134 cm³/mol. The number of nitro groups is 2. The van der Waals surface area contributed by atoms with Crippen molar-refractivity contribution in [2.45, 2.75) is 12.2 Å². The quantitative estimate of drug-likeness (QED) is 0.179. The number of benzene rings is 4. The number of rotatable bonds is 8. The van der Waals surface area contributed by atoms with Crippen LogP contribution in [-0.2, 0) is 4.74 Å². The molecule has 0 spiro atoms. The third-order valence-electron chi connectivity index (χ3n) is 5.39. The van der Waals surface area contributed by atoms with Crippen LogP contribution in [-0.4, -0.2) is 9.85 Å². The highest BCUT2D eigenvalue weighted by molar-refractivity contribution is 6.30. The first-order valence-electron chi connectivity index (χ1n) is 10.5. The van der Waals surface area contributed by atoms with E-state index in [1.54, 1.807) is 72.8 Å². The molecule has 4 rings (SSSR count). The van der Waals surface area contributed by atoms with E-state index in [0.29, 0.717) is 32.3 Å². The van der Waals surface area contributed by atoms with Crippen LogP contribution in [0.3, 0.4) is 0 Å². The zero-order valence-electron chi connectivity index (χ0n) is 18.1. The van der Waals surface area contributed by atoms with Gasteiger partial charge in [0.1, 0.15) is 12.2 Å². The normalized spacial score (nSPS) is 12.6. The van der Waals surface area contributed by atoms with Crippen molar-refractivity contribution in [1.82, 2.24) is 0 Å². The Bertz CT molecular complexity index is 1260. The largest absolute Gasteiger partial charge is 0.356 e. The number of nitrogens with zero attached hydrogens (tertiary/aromatic N) is 2. The van der Waals surface area contributed by atoms with E-state index in [4.69, 9.17) is 27.9 Å². The molecule has 0 aliphatic carbocycles. The van der Waals surface area contributed by atoms with Gasteiger partial charge in [0.25, 0.3) is 11.4 Å². The third kappa shape index (κ3) is 5.84. The van der Waals surface area contributed by atoms with Gasteiger partial charge in [0.15, 0.2) is 0 Å². The van der Waals surface area contributed by atoms with Crippen molar-refractivity contribution in [3.63, 3.8) is 0 Å². The van der Waals surface area contributed by atoms with Gasteiger partial charge in [-0.3, -0.25) is 20.2 Å². The summed E-state index contributed by atoms with van der Waals surface area (Å²) in [4.78, 5) is 21.9. The highest BCUT2D eigenvalue weighted by Crippen LogP contribution is 2.38. The molecule has 0 aliphatic rings. The maximum Gasteiger partial charge on any atom is 0.269 e. The van der Waals surface area contributed by atoms with Crippen LogP contribution < -0.4 is 0 Å². The third-order valence-corrected chi connectivity index (χ3v) is 5.89. The van der Waals surface area contributed by atoms with Gasteiger partial charge in [0.05, 0.1) is 9.85 Å². The maximum absolute atomic E-state index is 11.4. The monoisotopic (exact) mass is 508 g/mol. The Labute approximate surface area is 210 Å². The lowest BCUT2D eigenvalue weighted by atomic mass is 9.97. The molecule has 0 radical (unpaired) electrons. The molecule has 2 unspecified atom stereocenters. The molecule has 0 aliphatic heterocycles. The number of ether oxygens (including phenoxy) is 1. The molecule has 0 bridgehead atoms. The highest BCUT2D eigenvalue weighted by atomic mass is 35.5. The molecule has 0 N–H and O–H groups in total. The molecule has 9 heteroatoms. The molecule has 0 amide bonds. The standard InChI is InChI=1S/C26H18Cl2N2O5/c27-21-11-7-17(8-12-21)25(19-3-1-5-23(15-19)29(31)32)35-26(18-9-13-22(28)14-10-18)20-4-2-6-24(16-20)30(33)34/h1-16,25-26H. The fraction of sp³-hybridized carbons (Fsp3) is 0.0769. The molecule has 0 aromatic heterocycles. The van der Waals surface area contributed by atoms with E-state index < -0.39 is 22.1 Å². The molecule has 0 saturated heterocycles. The zero-order chi connectivity index (χ0) is 24.9. The van der Waals surface area contributed by atoms with Crippen LogP contribution in [0.2, 0.25) is 10.0 Å². The molecular weight excluding hydrogens is 491 g/mol. The highest BCUT2D eigenvalue weighted by Gasteiger charge is 2.26. The van der Waals surface area contributed by atoms with E-state index >= 15 is 0 Å². The van der Waals surface area contributed by atoms with Crippen LogP contribution in [0.4, 0.5) is 11.4 Å². The first-order chi connectivity index (χ1) is 16.8. The number of halogens is 2. The molecular formula is C26H18Cl2N2O5. The summed E-state index contributed by atoms with van der Waals surface area (Å²) < 4.78 is 6.61. The van der Waals surface area contributed by atoms with Gasteiger partial charge in [0, 0.05) is 34.3 Å². The second kappa shape index (κ2) is 10.7. The summed E-state index contributed by atoms with van der Waals surface area (Å²) in [6, 6.07) is 26.3. The molecule has 0 fully saturated rings. The minimum atomic E-state index is -0.743. The van der Waals surface area contributed by atoms with Gasteiger partial charge < -0.3 is 4.74 Å². The summed E-state index contributed by atoms with van der Waals surface area (Å²) in [5, 5.41) is 23.9. The second-order valence-corrected chi connectivity index (χ2v) is 8.58. The van der Waals surface area contributed by atoms with Crippen LogP contribution in [0.1, 0.15) is 34.5 Å². The van der Waals surface area contributed by atoms with Crippen molar-refractivity contribution in [3.05, 3.63) is 150 Å². The van der Waals surface area contributed by atoms with Crippen LogP contribution in [0.25, 0.3) is 0 Å². The van der Waals surface area contributed by atoms with Crippen molar-refractivity contribution >= 4 is 34.6 Å². The van der Waals surface area contributed by atoms with Crippen molar-refractivity contribution < 1.29 is 14.6 Å². The van der Waals surface area contributed by atoms with Gasteiger partial charge in [-0.05, 0) is 46.5 Å².